The second-order valence-corrected chi connectivity index (χ2v) is 5.75. The SMILES string of the molecule is CCCNCC(CCCCOC)Cc1cccc(C)c1. The number of rotatable bonds is 11. The summed E-state index contributed by atoms with van der Waals surface area (Å²) in [5.74, 6) is 0.736. The third kappa shape index (κ3) is 7.66. The molecule has 0 bridgehead atoms. The Balaban J connectivity index is 2.43. The van der Waals surface area contributed by atoms with Crippen molar-refractivity contribution in [1.82, 2.24) is 5.32 Å². The summed E-state index contributed by atoms with van der Waals surface area (Å²) in [5, 5.41) is 3.58. The fourth-order valence-corrected chi connectivity index (χ4v) is 2.61. The van der Waals surface area contributed by atoms with E-state index in [4.69, 9.17) is 4.74 Å². The summed E-state index contributed by atoms with van der Waals surface area (Å²) in [6, 6.07) is 8.93. The second kappa shape index (κ2) is 10.9. The maximum absolute atomic E-state index is 5.14. The molecule has 0 aliphatic heterocycles. The number of aryl methyl sites for hydroxylation is 1. The zero-order valence-corrected chi connectivity index (χ0v) is 13.5. The number of hydrogen-bond acceptors (Lipinski definition) is 2. The number of hydrogen-bond donors (Lipinski definition) is 1. The van der Waals surface area contributed by atoms with Gasteiger partial charge in [0.25, 0.3) is 0 Å². The van der Waals surface area contributed by atoms with Crippen LogP contribution in [0.5, 0.6) is 0 Å². The fourth-order valence-electron chi connectivity index (χ4n) is 2.61. The van der Waals surface area contributed by atoms with Crippen LogP contribution in [-0.4, -0.2) is 26.8 Å². The molecule has 0 saturated heterocycles. The van der Waals surface area contributed by atoms with Gasteiger partial charge in [0.05, 0.1) is 0 Å². The van der Waals surface area contributed by atoms with Gasteiger partial charge in [-0.2, -0.15) is 0 Å². The van der Waals surface area contributed by atoms with E-state index in [1.807, 2.05) is 0 Å². The van der Waals surface area contributed by atoms with E-state index in [0.717, 1.165) is 25.6 Å². The Morgan fingerprint density at radius 2 is 2.10 bits per heavy atom. The topological polar surface area (TPSA) is 21.3 Å². The van der Waals surface area contributed by atoms with Crippen molar-refractivity contribution < 1.29 is 4.74 Å². The van der Waals surface area contributed by atoms with Gasteiger partial charge in [0.2, 0.25) is 0 Å². The average Bonchev–Trinajstić information content (AvgIpc) is 2.43. The van der Waals surface area contributed by atoms with Crippen molar-refractivity contribution in [3.8, 4) is 0 Å². The van der Waals surface area contributed by atoms with E-state index in [9.17, 15) is 0 Å². The van der Waals surface area contributed by atoms with Crippen LogP contribution < -0.4 is 5.32 Å². The van der Waals surface area contributed by atoms with Gasteiger partial charge in [-0.15, -0.1) is 0 Å². The minimum Gasteiger partial charge on any atom is -0.385 e. The van der Waals surface area contributed by atoms with Crippen molar-refractivity contribution in [3.63, 3.8) is 0 Å². The van der Waals surface area contributed by atoms with Crippen LogP contribution >= 0.6 is 0 Å². The molecule has 2 nitrogen and oxygen atoms in total. The molecule has 0 fully saturated rings. The number of nitrogens with one attached hydrogen (secondary N) is 1. The van der Waals surface area contributed by atoms with Crippen LogP contribution in [0.15, 0.2) is 24.3 Å². The number of unbranched alkanes of at least 4 members (excludes halogenated alkanes) is 1. The molecule has 1 atom stereocenters. The maximum Gasteiger partial charge on any atom is 0.0462 e. The molecule has 1 aromatic rings. The van der Waals surface area contributed by atoms with Crippen LogP contribution in [0.1, 0.15) is 43.7 Å². The first-order chi connectivity index (χ1) is 9.76. The molecule has 1 aromatic carbocycles. The van der Waals surface area contributed by atoms with Crippen LogP contribution in [0, 0.1) is 12.8 Å². The lowest BCUT2D eigenvalue weighted by molar-refractivity contribution is 0.190. The second-order valence-electron chi connectivity index (χ2n) is 5.75. The van der Waals surface area contributed by atoms with Crippen molar-refractivity contribution in [2.45, 2.75) is 46.0 Å². The highest BCUT2D eigenvalue weighted by molar-refractivity contribution is 5.22. The van der Waals surface area contributed by atoms with Crippen LogP contribution in [0.25, 0.3) is 0 Å². The summed E-state index contributed by atoms with van der Waals surface area (Å²) >= 11 is 0. The smallest absolute Gasteiger partial charge is 0.0462 e. The molecular weight excluding hydrogens is 246 g/mol. The molecule has 0 saturated carbocycles. The Morgan fingerprint density at radius 3 is 2.80 bits per heavy atom. The lowest BCUT2D eigenvalue weighted by atomic mass is 9.93. The molecular formula is C18H31NO. The predicted molar refractivity (Wildman–Crippen MR) is 87.3 cm³/mol. The number of ether oxygens (including phenoxy) is 1. The van der Waals surface area contributed by atoms with E-state index >= 15 is 0 Å². The molecule has 2 heteroatoms. The Bertz CT molecular complexity index is 351. The normalized spacial score (nSPS) is 12.6. The first-order valence-corrected chi connectivity index (χ1v) is 8.01. The molecule has 0 aliphatic rings. The van der Waals surface area contributed by atoms with Crippen molar-refractivity contribution >= 4 is 0 Å². The van der Waals surface area contributed by atoms with E-state index in [1.54, 1.807) is 7.11 Å². The van der Waals surface area contributed by atoms with Crippen molar-refractivity contribution in [2.75, 3.05) is 26.8 Å². The summed E-state index contributed by atoms with van der Waals surface area (Å²) in [5.41, 5.74) is 2.84. The molecule has 1 unspecified atom stereocenters. The largest absolute Gasteiger partial charge is 0.385 e. The van der Waals surface area contributed by atoms with Crippen LogP contribution in [-0.2, 0) is 11.2 Å². The molecule has 20 heavy (non-hydrogen) atoms. The van der Waals surface area contributed by atoms with Gasteiger partial charge in [-0.3, -0.25) is 0 Å². The summed E-state index contributed by atoms with van der Waals surface area (Å²) in [4.78, 5) is 0. The van der Waals surface area contributed by atoms with Crippen LogP contribution in [0.3, 0.4) is 0 Å². The average molecular weight is 277 g/mol. The third-order valence-electron chi connectivity index (χ3n) is 3.68. The molecule has 0 spiro atoms. The molecule has 0 amide bonds. The zero-order chi connectivity index (χ0) is 14.6. The minimum absolute atomic E-state index is 0.736. The Labute approximate surface area is 124 Å². The summed E-state index contributed by atoms with van der Waals surface area (Å²) < 4.78 is 5.14. The first-order valence-electron chi connectivity index (χ1n) is 8.01. The van der Waals surface area contributed by atoms with Gasteiger partial charge in [-0.1, -0.05) is 43.2 Å². The Hall–Kier alpha value is -0.860. The van der Waals surface area contributed by atoms with E-state index in [2.05, 4.69) is 43.4 Å². The molecule has 0 heterocycles. The number of methoxy groups -OCH3 is 1. The minimum atomic E-state index is 0.736. The van der Waals surface area contributed by atoms with E-state index < -0.39 is 0 Å². The fraction of sp³-hybridized carbons (Fsp3) is 0.667. The monoisotopic (exact) mass is 277 g/mol. The van der Waals surface area contributed by atoms with Crippen LogP contribution in [0.4, 0.5) is 0 Å². The summed E-state index contributed by atoms with van der Waals surface area (Å²) in [6.45, 7) is 7.55. The molecule has 1 N–H and O–H groups in total. The van der Waals surface area contributed by atoms with Crippen molar-refractivity contribution in [2.24, 2.45) is 5.92 Å². The Morgan fingerprint density at radius 1 is 1.25 bits per heavy atom. The highest BCUT2D eigenvalue weighted by atomic mass is 16.5. The highest BCUT2D eigenvalue weighted by Gasteiger charge is 2.09. The molecule has 0 aromatic heterocycles. The first kappa shape index (κ1) is 17.2. The highest BCUT2D eigenvalue weighted by Crippen LogP contribution is 2.16. The third-order valence-corrected chi connectivity index (χ3v) is 3.68. The quantitative estimate of drug-likeness (QED) is 0.618. The van der Waals surface area contributed by atoms with E-state index in [1.165, 1.54) is 43.2 Å². The lowest BCUT2D eigenvalue weighted by Gasteiger charge is -2.18. The molecule has 0 radical (unpaired) electrons. The lowest BCUT2D eigenvalue weighted by Crippen LogP contribution is -2.25. The predicted octanol–water partition coefficient (Wildman–Crippen LogP) is 3.97. The Kier molecular flexibility index (Phi) is 9.35. The molecule has 0 aliphatic carbocycles. The van der Waals surface area contributed by atoms with Gasteiger partial charge in [0.15, 0.2) is 0 Å². The van der Waals surface area contributed by atoms with Gasteiger partial charge in [0, 0.05) is 13.7 Å². The van der Waals surface area contributed by atoms with Crippen molar-refractivity contribution in [3.05, 3.63) is 35.4 Å². The summed E-state index contributed by atoms with van der Waals surface area (Å²) in [7, 11) is 1.78. The maximum atomic E-state index is 5.14. The van der Waals surface area contributed by atoms with Crippen LogP contribution in [0.2, 0.25) is 0 Å². The zero-order valence-electron chi connectivity index (χ0n) is 13.5. The molecule has 114 valence electrons. The summed E-state index contributed by atoms with van der Waals surface area (Å²) in [6.07, 6.45) is 6.12. The van der Waals surface area contributed by atoms with Gasteiger partial charge in [0.1, 0.15) is 0 Å². The molecule has 1 rings (SSSR count). The van der Waals surface area contributed by atoms with Gasteiger partial charge in [-0.25, -0.2) is 0 Å². The van der Waals surface area contributed by atoms with Gasteiger partial charge >= 0.3 is 0 Å². The van der Waals surface area contributed by atoms with Crippen molar-refractivity contribution in [1.29, 1.82) is 0 Å². The van der Waals surface area contributed by atoms with E-state index in [0.29, 0.717) is 0 Å². The van der Waals surface area contributed by atoms with Gasteiger partial charge < -0.3 is 10.1 Å². The number of benzene rings is 1. The standard InChI is InChI=1S/C18H31NO/c1-4-11-19-15-18(9-5-6-12-20-3)14-17-10-7-8-16(2)13-17/h7-8,10,13,18-19H,4-6,9,11-12,14-15H2,1-3H3. The van der Waals surface area contributed by atoms with E-state index in [-0.39, 0.29) is 0 Å². The van der Waals surface area contributed by atoms with Gasteiger partial charge in [-0.05, 0) is 57.2 Å².